The van der Waals surface area contributed by atoms with Crippen LogP contribution in [0.4, 0.5) is 5.69 Å². The van der Waals surface area contributed by atoms with Gasteiger partial charge in [0, 0.05) is 10.7 Å². The van der Waals surface area contributed by atoms with Gasteiger partial charge in [0.05, 0.1) is 29.2 Å². The Morgan fingerprint density at radius 1 is 1.22 bits per heavy atom. The Bertz CT molecular complexity index is 582. The summed E-state index contributed by atoms with van der Waals surface area (Å²) < 4.78 is 0.930. The molecule has 5 heteroatoms. The molecule has 0 bridgehead atoms. The van der Waals surface area contributed by atoms with Crippen molar-refractivity contribution in [3.05, 3.63) is 58.3 Å². The molecular formula is C13H9BrN4. The number of hydrazone groups is 1. The van der Waals surface area contributed by atoms with E-state index in [-0.39, 0.29) is 0 Å². The molecule has 0 aliphatic heterocycles. The molecule has 0 atom stereocenters. The lowest BCUT2D eigenvalue weighted by atomic mass is 10.2. The highest BCUT2D eigenvalue weighted by Crippen LogP contribution is 2.09. The van der Waals surface area contributed by atoms with Gasteiger partial charge in [-0.1, -0.05) is 0 Å². The van der Waals surface area contributed by atoms with Crippen LogP contribution in [0.1, 0.15) is 11.3 Å². The first-order valence-electron chi connectivity index (χ1n) is 5.19. The maximum Gasteiger partial charge on any atom is 0.0991 e. The lowest BCUT2D eigenvalue weighted by molar-refractivity contribution is 1.27. The number of aromatic nitrogens is 1. The number of anilines is 1. The summed E-state index contributed by atoms with van der Waals surface area (Å²) in [5.74, 6) is 0. The first kappa shape index (κ1) is 12.3. The van der Waals surface area contributed by atoms with E-state index >= 15 is 0 Å². The molecule has 1 heterocycles. The van der Waals surface area contributed by atoms with E-state index in [1.165, 1.54) is 0 Å². The Labute approximate surface area is 113 Å². The first-order valence-corrected chi connectivity index (χ1v) is 5.98. The highest BCUT2D eigenvalue weighted by Gasteiger charge is 1.92. The molecule has 0 unspecified atom stereocenters. The fourth-order valence-electron chi connectivity index (χ4n) is 1.26. The van der Waals surface area contributed by atoms with Crippen molar-refractivity contribution < 1.29 is 0 Å². The van der Waals surface area contributed by atoms with Crippen LogP contribution in [-0.2, 0) is 0 Å². The minimum atomic E-state index is 0.624. The average Bonchev–Trinajstić information content (AvgIpc) is 2.42. The molecule has 2 rings (SSSR count). The molecule has 0 saturated heterocycles. The Morgan fingerprint density at radius 2 is 2.00 bits per heavy atom. The lowest BCUT2D eigenvalue weighted by Crippen LogP contribution is -1.92. The average molecular weight is 301 g/mol. The van der Waals surface area contributed by atoms with Crippen molar-refractivity contribution in [2.24, 2.45) is 5.10 Å². The van der Waals surface area contributed by atoms with Crippen molar-refractivity contribution in [1.82, 2.24) is 4.98 Å². The zero-order chi connectivity index (χ0) is 12.8. The number of nitrogens with zero attached hydrogens (tertiary/aromatic N) is 3. The van der Waals surface area contributed by atoms with Crippen LogP contribution in [0.3, 0.4) is 0 Å². The topological polar surface area (TPSA) is 61.1 Å². The highest BCUT2D eigenvalue weighted by molar-refractivity contribution is 9.10. The van der Waals surface area contributed by atoms with Crippen molar-refractivity contribution in [1.29, 1.82) is 5.26 Å². The fraction of sp³-hybridized carbons (Fsp3) is 0. The van der Waals surface area contributed by atoms with Gasteiger partial charge in [0.2, 0.25) is 0 Å². The van der Waals surface area contributed by atoms with Crippen molar-refractivity contribution in [3.63, 3.8) is 0 Å². The molecule has 1 aromatic carbocycles. The van der Waals surface area contributed by atoms with E-state index < -0.39 is 0 Å². The predicted octanol–water partition coefficient (Wildman–Crippen LogP) is 3.16. The van der Waals surface area contributed by atoms with Crippen molar-refractivity contribution in [2.45, 2.75) is 0 Å². The maximum atomic E-state index is 8.66. The summed E-state index contributed by atoms with van der Waals surface area (Å²) in [7, 11) is 0. The van der Waals surface area contributed by atoms with Gasteiger partial charge in [0.25, 0.3) is 0 Å². The number of pyridine rings is 1. The molecule has 0 fully saturated rings. The number of rotatable bonds is 3. The Kier molecular flexibility index (Phi) is 4.05. The largest absolute Gasteiger partial charge is 0.278 e. The lowest BCUT2D eigenvalue weighted by Gasteiger charge is -1.99. The molecule has 4 nitrogen and oxygen atoms in total. The summed E-state index contributed by atoms with van der Waals surface area (Å²) in [6, 6.07) is 12.9. The van der Waals surface area contributed by atoms with E-state index in [4.69, 9.17) is 5.26 Å². The molecule has 0 saturated carbocycles. The Balaban J connectivity index is 1.98. The standard InChI is InChI=1S/C13H9BrN4/c14-11-3-6-13(16-8-11)9-17-18-12-4-1-10(7-15)2-5-12/h1-6,8-9,18H/b17-9+. The van der Waals surface area contributed by atoms with Crippen LogP contribution in [-0.4, -0.2) is 11.2 Å². The second-order valence-electron chi connectivity index (χ2n) is 3.46. The predicted molar refractivity (Wildman–Crippen MR) is 74.3 cm³/mol. The summed E-state index contributed by atoms with van der Waals surface area (Å²) in [5.41, 5.74) is 5.08. The molecule has 0 aliphatic rings. The number of nitriles is 1. The zero-order valence-corrected chi connectivity index (χ0v) is 10.9. The second-order valence-corrected chi connectivity index (χ2v) is 4.38. The van der Waals surface area contributed by atoms with Crippen LogP contribution in [0, 0.1) is 11.3 Å². The summed E-state index contributed by atoms with van der Waals surface area (Å²) in [5, 5.41) is 12.7. The Morgan fingerprint density at radius 3 is 2.61 bits per heavy atom. The molecule has 0 spiro atoms. The highest BCUT2D eigenvalue weighted by atomic mass is 79.9. The van der Waals surface area contributed by atoms with Gasteiger partial charge in [-0.3, -0.25) is 10.4 Å². The van der Waals surface area contributed by atoms with Gasteiger partial charge >= 0.3 is 0 Å². The van der Waals surface area contributed by atoms with Gasteiger partial charge in [-0.05, 0) is 52.3 Å². The van der Waals surface area contributed by atoms with Crippen molar-refractivity contribution >= 4 is 27.8 Å². The van der Waals surface area contributed by atoms with E-state index in [0.717, 1.165) is 15.9 Å². The van der Waals surface area contributed by atoms with Gasteiger partial charge in [0.1, 0.15) is 0 Å². The smallest absolute Gasteiger partial charge is 0.0991 e. The van der Waals surface area contributed by atoms with Gasteiger partial charge < -0.3 is 0 Å². The quantitative estimate of drug-likeness (QED) is 0.699. The number of benzene rings is 1. The first-order chi connectivity index (χ1) is 8.78. The SMILES string of the molecule is N#Cc1ccc(N/N=C/c2ccc(Br)cn2)cc1. The van der Waals surface area contributed by atoms with Crippen molar-refractivity contribution in [2.75, 3.05) is 5.43 Å². The fourth-order valence-corrected chi connectivity index (χ4v) is 1.49. The second kappa shape index (κ2) is 5.94. The maximum absolute atomic E-state index is 8.66. The molecule has 1 aromatic heterocycles. The molecule has 2 aromatic rings. The number of hydrogen-bond donors (Lipinski definition) is 1. The van der Waals surface area contributed by atoms with Crippen LogP contribution in [0.5, 0.6) is 0 Å². The van der Waals surface area contributed by atoms with Crippen molar-refractivity contribution in [3.8, 4) is 6.07 Å². The minimum absolute atomic E-state index is 0.624. The third kappa shape index (κ3) is 3.40. The normalized spacial score (nSPS) is 10.2. The third-order valence-corrected chi connectivity index (χ3v) is 2.62. The van der Waals surface area contributed by atoms with Gasteiger partial charge in [0.15, 0.2) is 0 Å². The monoisotopic (exact) mass is 300 g/mol. The van der Waals surface area contributed by atoms with Crippen LogP contribution < -0.4 is 5.43 Å². The number of hydrogen-bond acceptors (Lipinski definition) is 4. The minimum Gasteiger partial charge on any atom is -0.278 e. The van der Waals surface area contributed by atoms with E-state index in [1.54, 1.807) is 36.7 Å². The summed E-state index contributed by atoms with van der Waals surface area (Å²) >= 11 is 3.31. The van der Waals surface area contributed by atoms with Gasteiger partial charge in [-0.15, -0.1) is 0 Å². The number of nitrogens with one attached hydrogen (secondary N) is 1. The molecule has 18 heavy (non-hydrogen) atoms. The van der Waals surface area contributed by atoms with E-state index in [1.807, 2.05) is 12.1 Å². The van der Waals surface area contributed by atoms with Gasteiger partial charge in [-0.25, -0.2) is 0 Å². The van der Waals surface area contributed by atoms with Crippen LogP contribution >= 0.6 is 15.9 Å². The van der Waals surface area contributed by atoms with Crippen LogP contribution in [0.2, 0.25) is 0 Å². The molecular weight excluding hydrogens is 292 g/mol. The third-order valence-electron chi connectivity index (χ3n) is 2.15. The van der Waals surface area contributed by atoms with Crippen LogP contribution in [0.25, 0.3) is 0 Å². The number of halogens is 1. The Hall–Kier alpha value is -2.19. The summed E-state index contributed by atoms with van der Waals surface area (Å²) in [6.07, 6.45) is 3.34. The van der Waals surface area contributed by atoms with Gasteiger partial charge in [-0.2, -0.15) is 10.4 Å². The molecule has 0 aliphatic carbocycles. The summed E-state index contributed by atoms with van der Waals surface area (Å²) in [6.45, 7) is 0. The van der Waals surface area contributed by atoms with E-state index in [2.05, 4.69) is 37.5 Å². The zero-order valence-electron chi connectivity index (χ0n) is 9.34. The molecule has 1 N–H and O–H groups in total. The molecule has 0 amide bonds. The molecule has 88 valence electrons. The van der Waals surface area contributed by atoms with E-state index in [9.17, 15) is 0 Å². The summed E-state index contributed by atoms with van der Waals surface area (Å²) in [4.78, 5) is 4.16. The van der Waals surface area contributed by atoms with Crippen LogP contribution in [0.15, 0.2) is 52.2 Å². The molecule has 0 radical (unpaired) electrons. The van der Waals surface area contributed by atoms with E-state index in [0.29, 0.717) is 5.56 Å².